The normalized spacial score (nSPS) is 12.2. The smallest absolute Gasteiger partial charge is 0.142 e. The van der Waals surface area contributed by atoms with Gasteiger partial charge in [-0.1, -0.05) is 19.1 Å². The number of hydrogen-bond acceptors (Lipinski definition) is 3. The Labute approximate surface area is 127 Å². The zero-order chi connectivity index (χ0) is 15.4. The van der Waals surface area contributed by atoms with Crippen molar-refractivity contribution in [3.63, 3.8) is 0 Å². The van der Waals surface area contributed by atoms with Crippen molar-refractivity contribution < 1.29 is 4.74 Å². The van der Waals surface area contributed by atoms with Crippen LogP contribution in [0.4, 0.5) is 0 Å². The lowest BCUT2D eigenvalue weighted by molar-refractivity contribution is 0.402. The topological polar surface area (TPSA) is 34.2 Å². The fourth-order valence-corrected chi connectivity index (χ4v) is 2.69. The van der Waals surface area contributed by atoms with Gasteiger partial charge in [-0.25, -0.2) is 0 Å². The minimum Gasteiger partial charge on any atom is -0.495 e. The largest absolute Gasteiger partial charge is 0.495 e. The molecule has 3 heteroatoms. The molecule has 1 atom stereocenters. The second kappa shape index (κ2) is 6.72. The molecular weight excluding hydrogens is 260 g/mol. The average Bonchev–Trinajstić information content (AvgIpc) is 2.49. The molecule has 0 aliphatic rings. The molecule has 3 nitrogen and oxygen atoms in total. The molecule has 1 heterocycles. The zero-order valence-corrected chi connectivity index (χ0v) is 13.5. The van der Waals surface area contributed by atoms with Crippen molar-refractivity contribution in [2.45, 2.75) is 33.7 Å². The van der Waals surface area contributed by atoms with Gasteiger partial charge in [0.2, 0.25) is 0 Å². The summed E-state index contributed by atoms with van der Waals surface area (Å²) in [5.74, 6) is 0.820. The molecular formula is C18H24N2O. The van der Waals surface area contributed by atoms with Crippen LogP contribution >= 0.6 is 0 Å². The lowest BCUT2D eigenvalue weighted by Crippen LogP contribution is -2.23. The van der Waals surface area contributed by atoms with E-state index in [1.807, 2.05) is 12.3 Å². The van der Waals surface area contributed by atoms with Crippen LogP contribution in [0.1, 0.15) is 40.8 Å². The van der Waals surface area contributed by atoms with E-state index in [4.69, 9.17) is 4.74 Å². The Hall–Kier alpha value is -1.87. The van der Waals surface area contributed by atoms with Crippen molar-refractivity contribution in [3.8, 4) is 5.75 Å². The third-order valence-electron chi connectivity index (χ3n) is 3.95. The summed E-state index contributed by atoms with van der Waals surface area (Å²) in [5.41, 5.74) is 6.35. The molecule has 0 bridgehead atoms. The van der Waals surface area contributed by atoms with Crippen LogP contribution in [0.25, 0.3) is 0 Å². The van der Waals surface area contributed by atoms with Crippen LogP contribution in [-0.2, 0) is 0 Å². The van der Waals surface area contributed by atoms with Crippen molar-refractivity contribution in [2.24, 2.45) is 0 Å². The van der Waals surface area contributed by atoms with E-state index in [9.17, 15) is 0 Å². The van der Waals surface area contributed by atoms with Crippen LogP contribution in [0.2, 0.25) is 0 Å². The second-order valence-electron chi connectivity index (χ2n) is 5.40. The van der Waals surface area contributed by atoms with E-state index in [2.05, 4.69) is 50.1 Å². The lowest BCUT2D eigenvalue weighted by atomic mass is 9.91. The maximum absolute atomic E-state index is 5.49. The molecule has 0 spiro atoms. The maximum Gasteiger partial charge on any atom is 0.142 e. The second-order valence-corrected chi connectivity index (χ2v) is 5.40. The summed E-state index contributed by atoms with van der Waals surface area (Å²) in [6.07, 6.45) is 3.59. The summed E-state index contributed by atoms with van der Waals surface area (Å²) in [7, 11) is 1.69. The molecule has 0 fully saturated rings. The predicted molar refractivity (Wildman–Crippen MR) is 87.0 cm³/mol. The number of ether oxygens (including phenoxy) is 1. The summed E-state index contributed by atoms with van der Waals surface area (Å²) in [4.78, 5) is 4.15. The first-order valence-corrected chi connectivity index (χ1v) is 7.37. The Kier molecular flexibility index (Phi) is 4.97. The number of aryl methyl sites for hydroxylation is 3. The first-order valence-electron chi connectivity index (χ1n) is 7.37. The van der Waals surface area contributed by atoms with E-state index < -0.39 is 0 Å². The van der Waals surface area contributed by atoms with Gasteiger partial charge in [-0.3, -0.25) is 4.98 Å². The molecule has 0 radical (unpaired) electrons. The number of rotatable bonds is 5. The number of methoxy groups -OCH3 is 1. The Morgan fingerprint density at radius 1 is 1.10 bits per heavy atom. The van der Waals surface area contributed by atoms with E-state index >= 15 is 0 Å². The van der Waals surface area contributed by atoms with Gasteiger partial charge in [0.25, 0.3) is 0 Å². The van der Waals surface area contributed by atoms with E-state index in [0.717, 1.165) is 17.9 Å². The number of nitrogens with zero attached hydrogens (tertiary/aromatic N) is 1. The molecule has 0 saturated carbocycles. The average molecular weight is 284 g/mol. The highest BCUT2D eigenvalue weighted by molar-refractivity contribution is 5.45. The first kappa shape index (κ1) is 15.5. The molecule has 0 aliphatic carbocycles. The highest BCUT2D eigenvalue weighted by Crippen LogP contribution is 2.32. The SMILES string of the molecule is CCNC(c1cc(C)c(C)cc1C)c1ccncc1OC. The number of pyridine rings is 1. The molecule has 1 unspecified atom stereocenters. The third-order valence-corrected chi connectivity index (χ3v) is 3.95. The van der Waals surface area contributed by atoms with Crippen LogP contribution in [0, 0.1) is 20.8 Å². The van der Waals surface area contributed by atoms with Crippen LogP contribution in [0.5, 0.6) is 5.75 Å². The summed E-state index contributed by atoms with van der Waals surface area (Å²) in [5, 5.41) is 3.57. The molecule has 112 valence electrons. The number of benzene rings is 1. The first-order chi connectivity index (χ1) is 10.1. The van der Waals surface area contributed by atoms with Crippen molar-refractivity contribution in [3.05, 3.63) is 58.4 Å². The molecule has 1 aromatic heterocycles. The fraction of sp³-hybridized carbons (Fsp3) is 0.389. The van der Waals surface area contributed by atoms with Crippen LogP contribution in [-0.4, -0.2) is 18.6 Å². The van der Waals surface area contributed by atoms with Crippen molar-refractivity contribution in [2.75, 3.05) is 13.7 Å². The summed E-state index contributed by atoms with van der Waals surface area (Å²) in [6, 6.07) is 6.67. The minimum atomic E-state index is 0.118. The van der Waals surface area contributed by atoms with Gasteiger partial charge in [0.1, 0.15) is 5.75 Å². The summed E-state index contributed by atoms with van der Waals surface area (Å²) < 4.78 is 5.49. The van der Waals surface area contributed by atoms with Gasteiger partial charge in [0, 0.05) is 11.8 Å². The van der Waals surface area contributed by atoms with E-state index in [-0.39, 0.29) is 6.04 Å². The molecule has 1 aromatic carbocycles. The molecule has 21 heavy (non-hydrogen) atoms. The molecule has 0 aliphatic heterocycles. The zero-order valence-electron chi connectivity index (χ0n) is 13.5. The molecule has 2 rings (SSSR count). The van der Waals surface area contributed by atoms with Gasteiger partial charge >= 0.3 is 0 Å². The van der Waals surface area contributed by atoms with Gasteiger partial charge in [0.15, 0.2) is 0 Å². The van der Waals surface area contributed by atoms with Crippen LogP contribution < -0.4 is 10.1 Å². The number of nitrogens with one attached hydrogen (secondary N) is 1. The van der Waals surface area contributed by atoms with Crippen LogP contribution in [0.15, 0.2) is 30.6 Å². The molecule has 0 amide bonds. The van der Waals surface area contributed by atoms with Crippen molar-refractivity contribution in [1.29, 1.82) is 0 Å². The quantitative estimate of drug-likeness (QED) is 0.908. The lowest BCUT2D eigenvalue weighted by Gasteiger charge is -2.23. The molecule has 0 saturated heterocycles. The number of hydrogen-bond donors (Lipinski definition) is 1. The number of aromatic nitrogens is 1. The predicted octanol–water partition coefficient (Wildman–Crippen LogP) is 3.71. The maximum atomic E-state index is 5.49. The third kappa shape index (κ3) is 3.24. The van der Waals surface area contributed by atoms with Gasteiger partial charge in [-0.05, 0) is 55.6 Å². The van der Waals surface area contributed by atoms with E-state index in [0.29, 0.717) is 0 Å². The molecule has 2 aromatic rings. The van der Waals surface area contributed by atoms with Gasteiger partial charge in [0.05, 0.1) is 19.3 Å². The van der Waals surface area contributed by atoms with E-state index in [1.54, 1.807) is 13.3 Å². The van der Waals surface area contributed by atoms with Crippen molar-refractivity contribution in [1.82, 2.24) is 10.3 Å². The standard InChI is InChI=1S/C18H24N2O/c1-6-20-18(15-7-8-19-11-17(15)21-5)16-10-13(3)12(2)9-14(16)4/h7-11,18,20H,6H2,1-5H3. The molecule has 1 N–H and O–H groups in total. The Morgan fingerprint density at radius 3 is 2.48 bits per heavy atom. The van der Waals surface area contributed by atoms with Crippen molar-refractivity contribution >= 4 is 0 Å². The highest BCUT2D eigenvalue weighted by Gasteiger charge is 2.19. The van der Waals surface area contributed by atoms with Gasteiger partial charge in [-0.2, -0.15) is 0 Å². The minimum absolute atomic E-state index is 0.118. The van der Waals surface area contributed by atoms with Crippen LogP contribution in [0.3, 0.4) is 0 Å². The Balaban J connectivity index is 2.56. The highest BCUT2D eigenvalue weighted by atomic mass is 16.5. The fourth-order valence-electron chi connectivity index (χ4n) is 2.69. The Bertz CT molecular complexity index is 623. The van der Waals surface area contributed by atoms with Gasteiger partial charge in [-0.15, -0.1) is 0 Å². The summed E-state index contributed by atoms with van der Waals surface area (Å²) >= 11 is 0. The van der Waals surface area contributed by atoms with E-state index in [1.165, 1.54) is 22.3 Å². The van der Waals surface area contributed by atoms with Gasteiger partial charge < -0.3 is 10.1 Å². The summed E-state index contributed by atoms with van der Waals surface area (Å²) in [6.45, 7) is 9.49. The monoisotopic (exact) mass is 284 g/mol. The Morgan fingerprint density at radius 2 is 1.81 bits per heavy atom.